The molecule has 3 aromatic heterocycles. The van der Waals surface area contributed by atoms with Gasteiger partial charge in [0.2, 0.25) is 0 Å². The summed E-state index contributed by atoms with van der Waals surface area (Å²) in [5.74, 6) is -0.411. The third-order valence-corrected chi connectivity index (χ3v) is 4.63. The van der Waals surface area contributed by atoms with Crippen LogP contribution in [0, 0.1) is 0 Å². The number of fused-ring (bicyclic) bond motifs is 1. The number of hydrogen-bond acceptors (Lipinski definition) is 5. The summed E-state index contributed by atoms with van der Waals surface area (Å²) in [6.45, 7) is 0.897. The molecule has 0 aliphatic carbocycles. The van der Waals surface area contributed by atoms with E-state index in [0.717, 1.165) is 11.3 Å². The molecule has 0 fully saturated rings. The first-order valence-electron chi connectivity index (χ1n) is 8.08. The fourth-order valence-electron chi connectivity index (χ4n) is 2.64. The number of thiophene rings is 1. The van der Waals surface area contributed by atoms with Crippen molar-refractivity contribution in [1.82, 2.24) is 15.1 Å². The molecule has 0 saturated heterocycles. The van der Waals surface area contributed by atoms with Gasteiger partial charge in [-0.05, 0) is 29.6 Å². The Hall–Kier alpha value is -3.19. The van der Waals surface area contributed by atoms with Crippen LogP contribution in [-0.4, -0.2) is 22.2 Å². The van der Waals surface area contributed by atoms with Crippen LogP contribution in [-0.2, 0) is 6.54 Å². The van der Waals surface area contributed by atoms with E-state index in [2.05, 4.69) is 10.4 Å². The molecule has 1 N–H and O–H groups in total. The van der Waals surface area contributed by atoms with Crippen molar-refractivity contribution in [1.29, 1.82) is 0 Å². The van der Waals surface area contributed by atoms with Crippen LogP contribution in [0.15, 0.2) is 68.6 Å². The molecule has 0 saturated carbocycles. The highest BCUT2D eigenvalue weighted by atomic mass is 32.1. The zero-order valence-corrected chi connectivity index (χ0v) is 14.5. The zero-order chi connectivity index (χ0) is 17.9. The summed E-state index contributed by atoms with van der Waals surface area (Å²) in [6.07, 6.45) is 1.87. The van der Waals surface area contributed by atoms with Gasteiger partial charge < -0.3 is 9.73 Å². The van der Waals surface area contributed by atoms with Crippen molar-refractivity contribution in [3.05, 3.63) is 75.4 Å². The second-order valence-corrected chi connectivity index (χ2v) is 6.48. The van der Waals surface area contributed by atoms with Gasteiger partial charge >= 0.3 is 0 Å². The number of amides is 1. The van der Waals surface area contributed by atoms with E-state index in [0.29, 0.717) is 24.1 Å². The first kappa shape index (κ1) is 16.3. The molecule has 7 heteroatoms. The number of nitrogens with one attached hydrogen (secondary N) is 1. The van der Waals surface area contributed by atoms with Crippen LogP contribution in [0.2, 0.25) is 0 Å². The molecule has 4 aromatic rings. The molecular weight excluding hydrogens is 350 g/mol. The lowest BCUT2D eigenvalue weighted by molar-refractivity contribution is 0.0925. The van der Waals surface area contributed by atoms with Gasteiger partial charge in [-0.1, -0.05) is 12.1 Å². The van der Waals surface area contributed by atoms with Gasteiger partial charge in [-0.2, -0.15) is 16.4 Å². The highest BCUT2D eigenvalue weighted by molar-refractivity contribution is 7.08. The molecule has 26 heavy (non-hydrogen) atoms. The molecule has 0 aliphatic rings. The molecular formula is C19H15N3O3S. The molecule has 3 heterocycles. The standard InChI is InChI=1S/C19H15N3O3S/c23-16-11-18(25-17-4-2-1-3-14(16)17)19(24)20-7-9-22-8-5-15(21-22)13-6-10-26-12-13/h1-6,8,10-12H,7,9H2,(H,20,24). The van der Waals surface area contributed by atoms with Gasteiger partial charge in [-0.3, -0.25) is 14.3 Å². The van der Waals surface area contributed by atoms with Gasteiger partial charge in [0.05, 0.1) is 17.6 Å². The van der Waals surface area contributed by atoms with Crippen molar-refractivity contribution in [2.45, 2.75) is 6.54 Å². The monoisotopic (exact) mass is 365 g/mol. The first-order chi connectivity index (χ1) is 12.7. The highest BCUT2D eigenvalue weighted by Gasteiger charge is 2.12. The van der Waals surface area contributed by atoms with E-state index < -0.39 is 5.91 Å². The minimum absolute atomic E-state index is 0.00753. The Kier molecular flexibility index (Phi) is 4.37. The number of nitrogens with zero attached hydrogens (tertiary/aromatic N) is 2. The average Bonchev–Trinajstić information content (AvgIpc) is 3.33. The van der Waals surface area contributed by atoms with Crippen LogP contribution in [0.4, 0.5) is 0 Å². The van der Waals surface area contributed by atoms with Gasteiger partial charge in [0.1, 0.15) is 5.58 Å². The normalized spacial score (nSPS) is 10.9. The fraction of sp³-hybridized carbons (Fsp3) is 0.105. The maximum absolute atomic E-state index is 12.3. The quantitative estimate of drug-likeness (QED) is 0.589. The fourth-order valence-corrected chi connectivity index (χ4v) is 3.29. The second kappa shape index (κ2) is 6.97. The topological polar surface area (TPSA) is 77.1 Å². The number of hydrogen-bond donors (Lipinski definition) is 1. The van der Waals surface area contributed by atoms with E-state index >= 15 is 0 Å². The molecule has 1 amide bonds. The first-order valence-corrected chi connectivity index (χ1v) is 9.02. The molecule has 0 spiro atoms. The van der Waals surface area contributed by atoms with Gasteiger partial charge in [-0.25, -0.2) is 0 Å². The maximum atomic E-state index is 12.3. The maximum Gasteiger partial charge on any atom is 0.287 e. The number of rotatable bonds is 5. The van der Waals surface area contributed by atoms with Crippen molar-refractivity contribution < 1.29 is 9.21 Å². The molecule has 0 unspecified atom stereocenters. The van der Waals surface area contributed by atoms with Gasteiger partial charge in [0.25, 0.3) is 5.91 Å². The smallest absolute Gasteiger partial charge is 0.287 e. The molecule has 130 valence electrons. The molecule has 0 radical (unpaired) electrons. The summed E-state index contributed by atoms with van der Waals surface area (Å²) in [4.78, 5) is 24.3. The summed E-state index contributed by atoms with van der Waals surface area (Å²) in [5.41, 5.74) is 2.15. The molecule has 0 aliphatic heterocycles. The number of carbonyl (C=O) groups is 1. The Morgan fingerprint density at radius 3 is 2.96 bits per heavy atom. The second-order valence-electron chi connectivity index (χ2n) is 5.70. The Balaban J connectivity index is 1.41. The molecule has 1 aromatic carbocycles. The van der Waals surface area contributed by atoms with Gasteiger partial charge in [0.15, 0.2) is 11.2 Å². The summed E-state index contributed by atoms with van der Waals surface area (Å²) in [5, 5.41) is 11.7. The van der Waals surface area contributed by atoms with Crippen LogP contribution < -0.4 is 10.7 Å². The lowest BCUT2D eigenvalue weighted by atomic mass is 10.2. The summed E-state index contributed by atoms with van der Waals surface area (Å²) in [6, 6.07) is 12.0. The third kappa shape index (κ3) is 3.29. The minimum atomic E-state index is -0.418. The predicted molar refractivity (Wildman–Crippen MR) is 100 cm³/mol. The van der Waals surface area contributed by atoms with Crippen LogP contribution in [0.3, 0.4) is 0 Å². The van der Waals surface area contributed by atoms with Crippen molar-refractivity contribution >= 4 is 28.2 Å². The Morgan fingerprint density at radius 2 is 2.12 bits per heavy atom. The summed E-state index contributed by atoms with van der Waals surface area (Å²) in [7, 11) is 0. The van der Waals surface area contributed by atoms with Crippen molar-refractivity contribution in [3.8, 4) is 11.3 Å². The van der Waals surface area contributed by atoms with Crippen LogP contribution in [0.25, 0.3) is 22.2 Å². The lowest BCUT2D eigenvalue weighted by Gasteiger charge is -2.05. The average molecular weight is 365 g/mol. The lowest BCUT2D eigenvalue weighted by Crippen LogP contribution is -2.28. The predicted octanol–water partition coefficient (Wildman–Crippen LogP) is 3.15. The number of para-hydroxylation sites is 1. The molecule has 0 atom stereocenters. The van der Waals surface area contributed by atoms with Crippen LogP contribution in [0.5, 0.6) is 0 Å². The van der Waals surface area contributed by atoms with E-state index in [1.807, 2.05) is 29.1 Å². The van der Waals surface area contributed by atoms with Crippen LogP contribution in [0.1, 0.15) is 10.6 Å². The van der Waals surface area contributed by atoms with Crippen molar-refractivity contribution in [3.63, 3.8) is 0 Å². The largest absolute Gasteiger partial charge is 0.451 e. The van der Waals surface area contributed by atoms with E-state index in [4.69, 9.17) is 4.42 Å². The molecule has 4 rings (SSSR count). The molecule has 6 nitrogen and oxygen atoms in total. The number of aromatic nitrogens is 2. The van der Waals surface area contributed by atoms with Crippen LogP contribution >= 0.6 is 11.3 Å². The molecule has 0 bridgehead atoms. The Labute approximate surface area is 152 Å². The number of benzene rings is 1. The Morgan fingerprint density at radius 1 is 1.23 bits per heavy atom. The summed E-state index contributed by atoms with van der Waals surface area (Å²) < 4.78 is 7.29. The summed E-state index contributed by atoms with van der Waals surface area (Å²) >= 11 is 1.62. The van der Waals surface area contributed by atoms with E-state index in [-0.39, 0.29) is 11.2 Å². The minimum Gasteiger partial charge on any atom is -0.451 e. The SMILES string of the molecule is O=C(NCCn1ccc(-c2ccsc2)n1)c1cc(=O)c2ccccc2o1. The van der Waals surface area contributed by atoms with E-state index in [1.165, 1.54) is 6.07 Å². The van der Waals surface area contributed by atoms with E-state index in [1.54, 1.807) is 40.3 Å². The zero-order valence-electron chi connectivity index (χ0n) is 13.7. The number of carbonyl (C=O) groups excluding carboxylic acids is 1. The van der Waals surface area contributed by atoms with E-state index in [9.17, 15) is 9.59 Å². The highest BCUT2D eigenvalue weighted by Crippen LogP contribution is 2.19. The third-order valence-electron chi connectivity index (χ3n) is 3.94. The van der Waals surface area contributed by atoms with Crippen molar-refractivity contribution in [2.24, 2.45) is 0 Å². The van der Waals surface area contributed by atoms with Gasteiger partial charge in [0, 0.05) is 29.8 Å². The Bertz CT molecular complexity index is 1110. The van der Waals surface area contributed by atoms with Crippen molar-refractivity contribution in [2.75, 3.05) is 6.54 Å². The van der Waals surface area contributed by atoms with Gasteiger partial charge in [-0.15, -0.1) is 0 Å².